The molecule has 12 atom stereocenters. The van der Waals surface area contributed by atoms with Crippen molar-refractivity contribution in [2.75, 3.05) is 52.0 Å². The second-order valence-electron chi connectivity index (χ2n) is 21.5. The summed E-state index contributed by atoms with van der Waals surface area (Å²) < 4.78 is 19.1. The van der Waals surface area contributed by atoms with Gasteiger partial charge in [0.05, 0.1) is 83.5 Å². The topological polar surface area (TPSA) is 195 Å². The monoisotopic (exact) mass is 1070 g/mol. The number of benzene rings is 2. The van der Waals surface area contributed by atoms with Crippen LogP contribution in [0.4, 0.5) is 0 Å². The highest BCUT2D eigenvalue weighted by Crippen LogP contribution is 2.49. The number of carbonyl (C=O) groups is 4. The Labute approximate surface area is 444 Å². The van der Waals surface area contributed by atoms with E-state index in [2.05, 4.69) is 51.8 Å². The maximum Gasteiger partial charge on any atom is 0.277 e. The van der Waals surface area contributed by atoms with Gasteiger partial charge in [-0.05, 0) is 86.0 Å². The van der Waals surface area contributed by atoms with Gasteiger partial charge in [-0.1, -0.05) is 101 Å². The molecule has 7 N–H and O–H groups in total. The van der Waals surface area contributed by atoms with Crippen molar-refractivity contribution >= 4 is 81.6 Å². The third-order valence-corrected chi connectivity index (χ3v) is 19.0. The predicted molar refractivity (Wildman–Crippen MR) is 289 cm³/mol. The minimum atomic E-state index is -1.95. The van der Waals surface area contributed by atoms with Crippen LogP contribution in [0.3, 0.4) is 0 Å². The Kier molecular flexibility index (Phi) is 17.4. The molecular formula is C52H74N8O8S4. The van der Waals surface area contributed by atoms with E-state index in [0.29, 0.717) is 54.4 Å². The normalized spacial score (nSPS) is 31.0. The van der Waals surface area contributed by atoms with Gasteiger partial charge in [0.25, 0.3) is 5.91 Å². The van der Waals surface area contributed by atoms with Crippen molar-refractivity contribution < 1.29 is 38.5 Å². The lowest BCUT2D eigenvalue weighted by Crippen LogP contribution is -2.64. The Bertz CT molecular complexity index is 2360. The van der Waals surface area contributed by atoms with Crippen LogP contribution < -0.4 is 31.9 Å². The number of hydrogen-bond donors (Lipinski definition) is 7. The number of nitrogens with one attached hydrogen (secondary N) is 6. The molecule has 2 aromatic rings. The molecule has 20 heteroatoms. The summed E-state index contributed by atoms with van der Waals surface area (Å²) in [5.74, 6) is 0.154. The highest BCUT2D eigenvalue weighted by atomic mass is 32.2. The van der Waals surface area contributed by atoms with Gasteiger partial charge in [0.1, 0.15) is 18.1 Å². The number of carbonyl (C=O) groups excluding carboxylic acids is 4. The zero-order valence-corrected chi connectivity index (χ0v) is 46.1. The van der Waals surface area contributed by atoms with Crippen molar-refractivity contribution in [1.29, 1.82) is 0 Å². The van der Waals surface area contributed by atoms with Gasteiger partial charge < -0.3 is 61.0 Å². The van der Waals surface area contributed by atoms with Crippen molar-refractivity contribution in [3.05, 3.63) is 70.8 Å². The Balaban J connectivity index is 0.865. The molecule has 4 fully saturated rings. The lowest BCUT2D eigenvalue weighted by molar-refractivity contribution is -0.158. The van der Waals surface area contributed by atoms with E-state index in [1.54, 1.807) is 35.5 Å². The predicted octanol–water partition coefficient (Wildman–Crippen LogP) is 3.89. The van der Waals surface area contributed by atoms with E-state index in [4.69, 9.17) is 38.6 Å². The fourth-order valence-electron chi connectivity index (χ4n) is 11.4. The van der Waals surface area contributed by atoms with Crippen LogP contribution in [0.2, 0.25) is 0 Å². The van der Waals surface area contributed by atoms with Crippen LogP contribution >= 0.6 is 48.0 Å². The fourth-order valence-corrected chi connectivity index (χ4v) is 15.2. The Morgan fingerprint density at radius 1 is 0.722 bits per heavy atom. The molecule has 0 bridgehead atoms. The summed E-state index contributed by atoms with van der Waals surface area (Å²) in [7, 11) is 3.59. The molecule has 72 heavy (non-hydrogen) atoms. The lowest BCUT2D eigenvalue weighted by atomic mass is 9.83. The molecule has 1 unspecified atom stereocenters. The summed E-state index contributed by atoms with van der Waals surface area (Å²) in [6, 6.07) is 12.8. The van der Waals surface area contributed by atoms with Crippen molar-refractivity contribution in [1.82, 2.24) is 41.7 Å². The molecule has 2 aliphatic carbocycles. The van der Waals surface area contributed by atoms with Crippen LogP contribution in [-0.4, -0.2) is 159 Å². The van der Waals surface area contributed by atoms with Gasteiger partial charge in [0.15, 0.2) is 0 Å². The number of thiocarbonyl (C=S) groups is 2. The standard InChI is InChI=1S/C52H74N8O8S4/c1-29(53-7)46(69)55-35-17-23-71-38-27-50(3,4)42(59(38)48(35)63)44(61)56-40-33-15-11-9-13-31(33)25-36(40)67-21-19-66-20-22-68-37-26-32-14-10-12-16-34(32)41(37)57-45(62)43-51(5,6)28-39-60(43)49(64)52(65,18-24-72-39)58-47(70)30(2)54-8/h9-16,29-30,35-43,53-54,65H,17-28H2,1-8H3,(H,55,69)(H,56,61)(H,57,62)(H,58,70)/t29-,30-,35-,36+,37+,38-,39-,40-,41-,42+,43?,52-/m0/s1. The van der Waals surface area contributed by atoms with Gasteiger partial charge in [-0.25, -0.2) is 0 Å². The van der Waals surface area contributed by atoms with Crippen molar-refractivity contribution in [2.45, 2.75) is 151 Å². The second kappa shape index (κ2) is 22.8. The summed E-state index contributed by atoms with van der Waals surface area (Å²) in [5.41, 5.74) is 1.15. The van der Waals surface area contributed by atoms with Gasteiger partial charge in [0.2, 0.25) is 23.4 Å². The van der Waals surface area contributed by atoms with E-state index < -0.39 is 52.7 Å². The first-order valence-electron chi connectivity index (χ1n) is 25.4. The van der Waals surface area contributed by atoms with Crippen LogP contribution in [0.25, 0.3) is 0 Å². The molecule has 4 heterocycles. The van der Waals surface area contributed by atoms with Gasteiger partial charge in [-0.3, -0.25) is 19.2 Å². The second-order valence-corrected chi connectivity index (χ2v) is 24.9. The number of nitrogens with zero attached hydrogens (tertiary/aromatic N) is 2. The maximum atomic E-state index is 14.6. The highest BCUT2D eigenvalue weighted by molar-refractivity contribution is 8.00. The molecule has 6 aliphatic rings. The van der Waals surface area contributed by atoms with Crippen LogP contribution in [-0.2, 0) is 46.2 Å². The molecule has 4 amide bonds. The molecule has 0 radical (unpaired) electrons. The van der Waals surface area contributed by atoms with Gasteiger partial charge in [-0.15, -0.1) is 23.5 Å². The average Bonchev–Trinajstić information content (AvgIpc) is 3.99. The molecule has 0 spiro atoms. The number of aliphatic hydroxyl groups is 1. The first-order chi connectivity index (χ1) is 34.3. The van der Waals surface area contributed by atoms with Crippen molar-refractivity contribution in [2.24, 2.45) is 10.8 Å². The van der Waals surface area contributed by atoms with E-state index in [-0.39, 0.29) is 79.0 Å². The molecular weight excluding hydrogens is 993 g/mol. The van der Waals surface area contributed by atoms with Crippen LogP contribution in [0.1, 0.15) is 102 Å². The van der Waals surface area contributed by atoms with E-state index in [1.807, 2.05) is 82.1 Å². The fraction of sp³-hybridized carbons (Fsp3) is 0.654. The summed E-state index contributed by atoms with van der Waals surface area (Å²) in [4.78, 5) is 62.2. The number of rotatable bonds is 18. The number of thioether (sulfide) groups is 2. The lowest BCUT2D eigenvalue weighted by Gasteiger charge is -2.38. The summed E-state index contributed by atoms with van der Waals surface area (Å²) in [6.45, 7) is 13.1. The van der Waals surface area contributed by atoms with Crippen LogP contribution in [0.5, 0.6) is 0 Å². The minimum Gasteiger partial charge on any atom is -0.377 e. The Morgan fingerprint density at radius 2 is 1.21 bits per heavy atom. The summed E-state index contributed by atoms with van der Waals surface area (Å²) >= 11 is 14.5. The number of fused-ring (bicyclic) bond motifs is 4. The molecule has 4 aliphatic heterocycles. The summed E-state index contributed by atoms with van der Waals surface area (Å²) in [6.07, 6.45) is 2.54. The average molecular weight is 1070 g/mol. The molecule has 394 valence electrons. The number of likely N-dealkylation sites (N-methyl/N-ethyl adjacent to an activating group) is 2. The van der Waals surface area contributed by atoms with Gasteiger partial charge >= 0.3 is 0 Å². The SMILES string of the molecule is CN[C@@H](C)C(=S)N[C@H]1CCS[C@H]2CC(C)(C)[C@@H](C(=O)N[C@H]3c4ccccc4C[C@H]3OCCOCCO[C@@H]3Cc4ccccc4[C@@H]3NC(=O)C3N4C(=O)[C@](O)(NC(=S)[C@H](C)NC)CCS[C@H]4CC3(C)C)N2C1=O. The first-order valence-corrected chi connectivity index (χ1v) is 28.3. The maximum absolute atomic E-state index is 14.6. The zero-order chi connectivity index (χ0) is 51.7. The molecule has 16 nitrogen and oxygen atoms in total. The molecule has 8 rings (SSSR count). The number of ether oxygens (including phenoxy) is 3. The summed E-state index contributed by atoms with van der Waals surface area (Å²) in [5, 5.41) is 30.5. The van der Waals surface area contributed by atoms with Crippen LogP contribution in [0, 0.1) is 10.8 Å². The highest BCUT2D eigenvalue weighted by Gasteiger charge is 2.59. The third-order valence-electron chi connectivity index (χ3n) is 15.6. The number of amides is 4. The third kappa shape index (κ3) is 11.4. The smallest absolute Gasteiger partial charge is 0.277 e. The quantitative estimate of drug-likeness (QED) is 0.0646. The zero-order valence-electron chi connectivity index (χ0n) is 42.8. The van der Waals surface area contributed by atoms with Crippen molar-refractivity contribution in [3.63, 3.8) is 0 Å². The molecule has 2 aromatic carbocycles. The Hall–Kier alpha value is -3.44. The van der Waals surface area contributed by atoms with E-state index >= 15 is 0 Å². The van der Waals surface area contributed by atoms with E-state index in [1.165, 1.54) is 0 Å². The largest absolute Gasteiger partial charge is 0.377 e. The van der Waals surface area contributed by atoms with Crippen LogP contribution in [0.15, 0.2) is 48.5 Å². The molecule has 4 saturated heterocycles. The van der Waals surface area contributed by atoms with Gasteiger partial charge in [0, 0.05) is 25.0 Å². The Morgan fingerprint density at radius 3 is 1.75 bits per heavy atom. The van der Waals surface area contributed by atoms with E-state index in [9.17, 15) is 24.3 Å². The first kappa shape index (κ1) is 54.8. The molecule has 0 saturated carbocycles. The minimum absolute atomic E-state index is 0.0945. The van der Waals surface area contributed by atoms with Gasteiger partial charge in [-0.2, -0.15) is 0 Å². The van der Waals surface area contributed by atoms with E-state index in [0.717, 1.165) is 28.0 Å². The van der Waals surface area contributed by atoms with Crippen molar-refractivity contribution in [3.8, 4) is 0 Å². The number of hydrogen-bond acceptors (Lipinski definition) is 14. The molecule has 0 aromatic heterocycles.